The van der Waals surface area contributed by atoms with E-state index in [1.165, 1.54) is 17.0 Å². The molecule has 31 heavy (non-hydrogen) atoms. The molecule has 0 bridgehead atoms. The number of anilines is 1. The number of Topliss-reactive ketones (excluding diaryl/α,β-unsaturated/α-hetero) is 1. The largest absolute Gasteiger partial charge is 0.301 e. The molecule has 0 saturated heterocycles. The lowest BCUT2D eigenvalue weighted by Gasteiger charge is -2.28. The van der Waals surface area contributed by atoms with Gasteiger partial charge in [-0.2, -0.15) is 5.10 Å². The number of fused-ring (bicyclic) bond motifs is 1. The van der Waals surface area contributed by atoms with Crippen LogP contribution in [0.2, 0.25) is 0 Å². The second-order valence-corrected chi connectivity index (χ2v) is 8.40. The van der Waals surface area contributed by atoms with E-state index in [0.29, 0.717) is 17.7 Å². The zero-order chi connectivity index (χ0) is 21.5. The van der Waals surface area contributed by atoms with Gasteiger partial charge in [0, 0.05) is 10.9 Å². The fourth-order valence-corrected chi connectivity index (χ4v) is 4.38. The minimum Gasteiger partial charge on any atom is -0.285 e. The second-order valence-electron chi connectivity index (χ2n) is 7.49. The van der Waals surface area contributed by atoms with E-state index >= 15 is 0 Å². The van der Waals surface area contributed by atoms with E-state index in [4.69, 9.17) is 5.10 Å². The summed E-state index contributed by atoms with van der Waals surface area (Å²) < 4.78 is 14.2. The minimum atomic E-state index is -0.575. The lowest BCUT2D eigenvalue weighted by atomic mass is 9.98. The summed E-state index contributed by atoms with van der Waals surface area (Å²) in [5.41, 5.74) is 3.71. The monoisotopic (exact) mass is 477 g/mol. The van der Waals surface area contributed by atoms with Crippen LogP contribution in [0.4, 0.5) is 10.1 Å². The molecule has 0 saturated carbocycles. The van der Waals surface area contributed by atoms with Crippen molar-refractivity contribution in [1.82, 2.24) is 5.01 Å². The van der Waals surface area contributed by atoms with Crippen LogP contribution in [0.1, 0.15) is 33.9 Å². The maximum atomic E-state index is 13.5. The van der Waals surface area contributed by atoms with E-state index in [9.17, 15) is 14.0 Å². The van der Waals surface area contributed by atoms with Crippen LogP contribution in [0, 0.1) is 5.82 Å². The number of hydrogen-bond donors (Lipinski definition) is 0. The van der Waals surface area contributed by atoms with Crippen molar-refractivity contribution in [2.75, 3.05) is 11.6 Å². The summed E-state index contributed by atoms with van der Waals surface area (Å²) in [5, 5.41) is 6.60. The Labute approximate surface area is 186 Å². The number of rotatable bonds is 4. The fraction of sp³-hybridized carbons (Fsp3) is 0.125. The maximum Gasteiger partial charge on any atom is 0.301 e. The zero-order valence-corrected chi connectivity index (χ0v) is 17.9. The van der Waals surface area contributed by atoms with E-state index in [1.54, 1.807) is 35.3 Å². The van der Waals surface area contributed by atoms with Crippen molar-refractivity contribution in [3.05, 3.63) is 99.8 Å². The van der Waals surface area contributed by atoms with Crippen LogP contribution >= 0.6 is 15.9 Å². The standard InChI is InChI=1S/C24H17BrFN3O2/c25-17-8-11-21-19(12-17)23(30)24(31)28(21)14-29-22(16-6-9-18(26)10-7-16)13-20(27-29)15-4-2-1-3-5-15/h1-12,22H,13-14H2/t22-/m1/s1. The van der Waals surface area contributed by atoms with Gasteiger partial charge in [0.2, 0.25) is 0 Å². The van der Waals surface area contributed by atoms with Crippen molar-refractivity contribution in [3.63, 3.8) is 0 Å². The number of ketones is 1. The van der Waals surface area contributed by atoms with Crippen molar-refractivity contribution in [2.45, 2.75) is 12.5 Å². The SMILES string of the molecule is O=C1C(=O)N(CN2N=C(c3ccccc3)C[C@@H]2c2ccc(F)cc2)c2ccc(Br)cc21. The lowest BCUT2D eigenvalue weighted by molar-refractivity contribution is -0.114. The molecule has 0 aromatic heterocycles. The lowest BCUT2D eigenvalue weighted by Crippen LogP contribution is -2.39. The van der Waals surface area contributed by atoms with Gasteiger partial charge < -0.3 is 0 Å². The number of carbonyl (C=O) groups is 2. The molecular formula is C24H17BrFN3O2. The van der Waals surface area contributed by atoms with Crippen molar-refractivity contribution < 1.29 is 14.0 Å². The van der Waals surface area contributed by atoms with E-state index in [1.807, 2.05) is 30.3 Å². The summed E-state index contributed by atoms with van der Waals surface area (Å²) in [6.07, 6.45) is 0.610. The Morgan fingerprint density at radius 3 is 2.48 bits per heavy atom. The Balaban J connectivity index is 1.51. The number of benzene rings is 3. The van der Waals surface area contributed by atoms with E-state index in [-0.39, 0.29) is 18.5 Å². The summed E-state index contributed by atoms with van der Waals surface area (Å²) in [5.74, 6) is -1.41. The van der Waals surface area contributed by atoms with Crippen LogP contribution in [-0.4, -0.2) is 29.1 Å². The van der Waals surface area contributed by atoms with Crippen LogP contribution in [0.25, 0.3) is 0 Å². The number of amides is 1. The molecule has 2 aliphatic heterocycles. The van der Waals surface area contributed by atoms with Crippen LogP contribution in [0.15, 0.2) is 82.4 Å². The molecule has 0 aliphatic carbocycles. The van der Waals surface area contributed by atoms with E-state index < -0.39 is 11.7 Å². The van der Waals surface area contributed by atoms with Crippen LogP contribution < -0.4 is 4.90 Å². The van der Waals surface area contributed by atoms with Gasteiger partial charge in [-0.25, -0.2) is 4.39 Å². The normalized spacial score (nSPS) is 17.9. The molecule has 5 nitrogen and oxygen atoms in total. The number of hydrazone groups is 1. The smallest absolute Gasteiger partial charge is 0.285 e. The van der Waals surface area contributed by atoms with Crippen LogP contribution in [-0.2, 0) is 4.79 Å². The fourth-order valence-electron chi connectivity index (χ4n) is 4.02. The Hall–Kier alpha value is -3.32. The maximum absolute atomic E-state index is 13.5. The molecule has 0 N–H and O–H groups in total. The quantitative estimate of drug-likeness (QED) is 0.500. The van der Waals surface area contributed by atoms with Gasteiger partial charge in [-0.1, -0.05) is 58.4 Å². The van der Waals surface area contributed by atoms with Gasteiger partial charge in [0.15, 0.2) is 0 Å². The molecular weight excluding hydrogens is 461 g/mol. The third kappa shape index (κ3) is 3.55. The highest BCUT2D eigenvalue weighted by Crippen LogP contribution is 2.36. The summed E-state index contributed by atoms with van der Waals surface area (Å²) in [4.78, 5) is 26.7. The molecule has 2 aliphatic rings. The van der Waals surface area contributed by atoms with Gasteiger partial charge >= 0.3 is 5.91 Å². The Kier molecular flexibility index (Phi) is 4.90. The topological polar surface area (TPSA) is 53.0 Å². The third-order valence-electron chi connectivity index (χ3n) is 5.58. The molecule has 0 radical (unpaired) electrons. The third-order valence-corrected chi connectivity index (χ3v) is 6.07. The highest BCUT2D eigenvalue weighted by Gasteiger charge is 2.39. The van der Waals surface area contributed by atoms with Crippen LogP contribution in [0.5, 0.6) is 0 Å². The van der Waals surface area contributed by atoms with Crippen LogP contribution in [0.3, 0.4) is 0 Å². The minimum absolute atomic E-state index is 0.123. The average molecular weight is 478 g/mol. The van der Waals surface area contributed by atoms with E-state index in [2.05, 4.69) is 15.9 Å². The highest BCUT2D eigenvalue weighted by molar-refractivity contribution is 9.10. The molecule has 154 valence electrons. The predicted molar refractivity (Wildman–Crippen MR) is 119 cm³/mol. The summed E-state index contributed by atoms with van der Waals surface area (Å²) in [6, 6.07) is 21.2. The van der Waals surface area contributed by atoms with Crippen molar-refractivity contribution in [2.24, 2.45) is 5.10 Å². The number of halogens is 2. The highest BCUT2D eigenvalue weighted by atomic mass is 79.9. The Morgan fingerprint density at radius 1 is 1.00 bits per heavy atom. The number of hydrogen-bond acceptors (Lipinski definition) is 4. The molecule has 5 rings (SSSR count). The molecule has 0 fully saturated rings. The van der Waals surface area contributed by atoms with Gasteiger partial charge in [0.1, 0.15) is 12.5 Å². The predicted octanol–water partition coefficient (Wildman–Crippen LogP) is 4.93. The van der Waals surface area contributed by atoms with Crippen molar-refractivity contribution >= 4 is 39.0 Å². The summed E-state index contributed by atoms with van der Waals surface area (Å²) in [6.45, 7) is 0.123. The number of nitrogens with zero attached hydrogens (tertiary/aromatic N) is 3. The molecule has 1 atom stereocenters. The molecule has 3 aromatic rings. The first-order chi connectivity index (χ1) is 15.0. The van der Waals surface area contributed by atoms with Crippen molar-refractivity contribution in [3.8, 4) is 0 Å². The van der Waals surface area contributed by atoms with Gasteiger partial charge in [-0.3, -0.25) is 19.5 Å². The molecule has 3 aromatic carbocycles. The van der Waals surface area contributed by atoms with Gasteiger partial charge in [0.05, 0.1) is 23.0 Å². The van der Waals surface area contributed by atoms with E-state index in [0.717, 1.165) is 21.3 Å². The van der Waals surface area contributed by atoms with Gasteiger partial charge in [0.25, 0.3) is 5.78 Å². The molecule has 7 heteroatoms. The van der Waals surface area contributed by atoms with Gasteiger partial charge in [-0.05, 0) is 41.5 Å². The molecule has 1 amide bonds. The van der Waals surface area contributed by atoms with Gasteiger partial charge in [-0.15, -0.1) is 0 Å². The average Bonchev–Trinajstić information content (AvgIpc) is 3.30. The van der Waals surface area contributed by atoms with Crippen molar-refractivity contribution in [1.29, 1.82) is 0 Å². The Morgan fingerprint density at radius 2 is 1.74 bits per heavy atom. The number of carbonyl (C=O) groups excluding carboxylic acids is 2. The Bertz CT molecular complexity index is 1210. The summed E-state index contributed by atoms with van der Waals surface area (Å²) >= 11 is 3.36. The molecule has 0 spiro atoms. The first-order valence-electron chi connectivity index (χ1n) is 9.82. The molecule has 2 heterocycles. The summed E-state index contributed by atoms with van der Waals surface area (Å²) in [7, 11) is 0. The first-order valence-corrected chi connectivity index (χ1v) is 10.6. The zero-order valence-electron chi connectivity index (χ0n) is 16.3. The molecule has 0 unspecified atom stereocenters. The second kappa shape index (κ2) is 7.74. The first kappa shape index (κ1) is 19.6.